The second kappa shape index (κ2) is 5.52. The van der Waals surface area contributed by atoms with E-state index in [-0.39, 0.29) is 6.09 Å². The Labute approximate surface area is 111 Å². The molecule has 4 nitrogen and oxygen atoms in total. The molecular weight excluding hydrogens is 248 g/mol. The van der Waals surface area contributed by atoms with E-state index in [1.165, 1.54) is 0 Å². The largest absolute Gasteiger partial charge is 0.449 e. The van der Waals surface area contributed by atoms with Crippen LogP contribution in [0, 0.1) is 5.92 Å². The predicted octanol–water partition coefficient (Wildman–Crippen LogP) is 2.97. The topological polar surface area (TPSA) is 55.6 Å². The van der Waals surface area contributed by atoms with Crippen LogP contribution in [0.3, 0.4) is 0 Å². The standard InChI is InChI=1S/C13H18N2O2S/c1-9(2)8-17-13(16)15-5-6-18-12-4-3-10(14)7-11(12)15/h3-4,7,9H,5-6,8,14H2,1-2H3. The Morgan fingerprint density at radius 2 is 2.33 bits per heavy atom. The number of anilines is 2. The summed E-state index contributed by atoms with van der Waals surface area (Å²) >= 11 is 1.74. The number of nitrogens with zero attached hydrogens (tertiary/aromatic N) is 1. The van der Waals surface area contributed by atoms with E-state index in [0.717, 1.165) is 16.3 Å². The van der Waals surface area contributed by atoms with E-state index in [9.17, 15) is 4.79 Å². The third kappa shape index (κ3) is 2.90. The van der Waals surface area contributed by atoms with Crippen LogP contribution in [0.4, 0.5) is 16.2 Å². The highest BCUT2D eigenvalue weighted by atomic mass is 32.2. The Hall–Kier alpha value is -1.36. The fraction of sp³-hybridized carbons (Fsp3) is 0.462. The summed E-state index contributed by atoms with van der Waals surface area (Å²) in [7, 11) is 0. The zero-order chi connectivity index (χ0) is 13.1. The van der Waals surface area contributed by atoms with Gasteiger partial charge in [-0.2, -0.15) is 0 Å². The monoisotopic (exact) mass is 266 g/mol. The lowest BCUT2D eigenvalue weighted by atomic mass is 10.2. The van der Waals surface area contributed by atoms with Gasteiger partial charge >= 0.3 is 6.09 Å². The first-order chi connectivity index (χ1) is 8.58. The molecule has 0 spiro atoms. The summed E-state index contributed by atoms with van der Waals surface area (Å²) in [6, 6.07) is 5.64. The number of ether oxygens (including phenoxy) is 1. The van der Waals surface area contributed by atoms with E-state index in [1.54, 1.807) is 16.7 Å². The normalized spacial score (nSPS) is 14.5. The van der Waals surface area contributed by atoms with Gasteiger partial charge in [0.2, 0.25) is 0 Å². The number of rotatable bonds is 2. The first-order valence-corrected chi connectivity index (χ1v) is 7.03. The first-order valence-electron chi connectivity index (χ1n) is 6.04. The van der Waals surface area contributed by atoms with Gasteiger partial charge in [0, 0.05) is 22.9 Å². The highest BCUT2D eigenvalue weighted by molar-refractivity contribution is 7.99. The third-order valence-corrected chi connectivity index (χ3v) is 3.65. The average molecular weight is 266 g/mol. The van der Waals surface area contributed by atoms with Crippen molar-refractivity contribution < 1.29 is 9.53 Å². The lowest BCUT2D eigenvalue weighted by Crippen LogP contribution is -2.36. The molecule has 0 saturated heterocycles. The van der Waals surface area contributed by atoms with Gasteiger partial charge < -0.3 is 10.5 Å². The summed E-state index contributed by atoms with van der Waals surface area (Å²) in [5.41, 5.74) is 7.30. The van der Waals surface area contributed by atoms with E-state index >= 15 is 0 Å². The second-order valence-corrected chi connectivity index (χ2v) is 5.83. The average Bonchev–Trinajstić information content (AvgIpc) is 2.35. The van der Waals surface area contributed by atoms with Crippen LogP contribution >= 0.6 is 11.8 Å². The van der Waals surface area contributed by atoms with Crippen molar-refractivity contribution in [3.63, 3.8) is 0 Å². The lowest BCUT2D eigenvalue weighted by molar-refractivity contribution is 0.140. The minimum atomic E-state index is -0.282. The minimum Gasteiger partial charge on any atom is -0.449 e. The Morgan fingerprint density at radius 1 is 1.56 bits per heavy atom. The summed E-state index contributed by atoms with van der Waals surface area (Å²) < 4.78 is 5.28. The van der Waals surface area contributed by atoms with Crippen molar-refractivity contribution in [2.75, 3.05) is 29.5 Å². The molecule has 0 fully saturated rings. The van der Waals surface area contributed by atoms with Gasteiger partial charge in [0.05, 0.1) is 12.3 Å². The third-order valence-electron chi connectivity index (χ3n) is 2.61. The quantitative estimate of drug-likeness (QED) is 0.836. The molecule has 1 aromatic rings. The molecule has 2 N–H and O–H groups in total. The fourth-order valence-electron chi connectivity index (χ4n) is 1.74. The molecule has 0 radical (unpaired) electrons. The molecule has 0 saturated carbocycles. The molecule has 18 heavy (non-hydrogen) atoms. The molecular formula is C13H18N2O2S. The number of benzene rings is 1. The number of carbonyl (C=O) groups is 1. The molecule has 5 heteroatoms. The number of hydrogen-bond donors (Lipinski definition) is 1. The summed E-state index contributed by atoms with van der Waals surface area (Å²) in [6.45, 7) is 5.15. The maximum atomic E-state index is 12.0. The zero-order valence-corrected chi connectivity index (χ0v) is 11.5. The minimum absolute atomic E-state index is 0.282. The zero-order valence-electron chi connectivity index (χ0n) is 10.7. The van der Waals surface area contributed by atoms with Gasteiger partial charge in [-0.15, -0.1) is 11.8 Å². The number of carbonyl (C=O) groups excluding carboxylic acids is 1. The van der Waals surface area contributed by atoms with Crippen LogP contribution in [0.15, 0.2) is 23.1 Å². The molecule has 0 atom stereocenters. The molecule has 0 aliphatic carbocycles. The molecule has 1 amide bonds. The van der Waals surface area contributed by atoms with Crippen molar-refractivity contribution in [3.05, 3.63) is 18.2 Å². The lowest BCUT2D eigenvalue weighted by Gasteiger charge is -2.28. The van der Waals surface area contributed by atoms with Crippen molar-refractivity contribution in [1.82, 2.24) is 0 Å². The molecule has 1 aliphatic rings. The molecule has 1 heterocycles. The van der Waals surface area contributed by atoms with Gasteiger partial charge in [0.15, 0.2) is 0 Å². The first kappa shape index (κ1) is 13.1. The van der Waals surface area contributed by atoms with Crippen LogP contribution in [0.25, 0.3) is 0 Å². The summed E-state index contributed by atoms with van der Waals surface area (Å²) in [6.07, 6.45) is -0.282. The van der Waals surface area contributed by atoms with E-state index in [0.29, 0.717) is 24.8 Å². The van der Waals surface area contributed by atoms with Crippen molar-refractivity contribution in [2.24, 2.45) is 5.92 Å². The molecule has 1 aromatic carbocycles. The molecule has 0 unspecified atom stereocenters. The fourth-order valence-corrected chi connectivity index (χ4v) is 2.72. The Kier molecular flexibility index (Phi) is 4.01. The maximum Gasteiger partial charge on any atom is 0.414 e. The second-order valence-electron chi connectivity index (χ2n) is 4.70. The Morgan fingerprint density at radius 3 is 3.06 bits per heavy atom. The smallest absolute Gasteiger partial charge is 0.414 e. The van der Waals surface area contributed by atoms with Crippen molar-refractivity contribution in [1.29, 1.82) is 0 Å². The summed E-state index contributed by atoms with van der Waals surface area (Å²) in [5, 5.41) is 0. The van der Waals surface area contributed by atoms with Crippen LogP contribution in [-0.2, 0) is 4.74 Å². The maximum absolute atomic E-state index is 12.0. The molecule has 0 bridgehead atoms. The van der Waals surface area contributed by atoms with E-state index < -0.39 is 0 Å². The molecule has 2 rings (SSSR count). The van der Waals surface area contributed by atoms with Gasteiger partial charge in [-0.1, -0.05) is 13.8 Å². The number of amides is 1. The Bertz CT molecular complexity index is 449. The summed E-state index contributed by atoms with van der Waals surface area (Å²) in [4.78, 5) is 14.8. The number of nitrogen functional groups attached to an aromatic ring is 1. The number of thioether (sulfide) groups is 1. The van der Waals surface area contributed by atoms with Crippen molar-refractivity contribution in [3.8, 4) is 0 Å². The van der Waals surface area contributed by atoms with Gasteiger partial charge in [0.25, 0.3) is 0 Å². The molecule has 98 valence electrons. The number of fused-ring (bicyclic) bond motifs is 1. The van der Waals surface area contributed by atoms with Crippen LogP contribution < -0.4 is 10.6 Å². The van der Waals surface area contributed by atoms with Crippen LogP contribution in [0.2, 0.25) is 0 Å². The van der Waals surface area contributed by atoms with Crippen molar-refractivity contribution >= 4 is 29.2 Å². The van der Waals surface area contributed by atoms with Gasteiger partial charge in [-0.05, 0) is 24.1 Å². The molecule has 1 aliphatic heterocycles. The molecule has 0 aromatic heterocycles. The van der Waals surface area contributed by atoms with Gasteiger partial charge in [-0.25, -0.2) is 4.79 Å². The van der Waals surface area contributed by atoms with Crippen molar-refractivity contribution in [2.45, 2.75) is 18.7 Å². The van der Waals surface area contributed by atoms with Crippen LogP contribution in [0.1, 0.15) is 13.8 Å². The Balaban J connectivity index is 2.16. The highest BCUT2D eigenvalue weighted by Gasteiger charge is 2.24. The van der Waals surface area contributed by atoms with E-state index in [2.05, 4.69) is 0 Å². The van der Waals surface area contributed by atoms with Gasteiger partial charge in [-0.3, -0.25) is 4.90 Å². The summed E-state index contributed by atoms with van der Waals surface area (Å²) in [5.74, 6) is 1.22. The van der Waals surface area contributed by atoms with E-state index in [1.807, 2.05) is 32.0 Å². The van der Waals surface area contributed by atoms with Crippen LogP contribution in [0.5, 0.6) is 0 Å². The van der Waals surface area contributed by atoms with E-state index in [4.69, 9.17) is 10.5 Å². The number of hydrogen-bond acceptors (Lipinski definition) is 4. The highest BCUT2D eigenvalue weighted by Crippen LogP contribution is 2.36. The number of nitrogens with two attached hydrogens (primary N) is 1. The predicted molar refractivity (Wildman–Crippen MR) is 75.1 cm³/mol. The van der Waals surface area contributed by atoms with Crippen LogP contribution in [-0.4, -0.2) is 25.0 Å². The van der Waals surface area contributed by atoms with Gasteiger partial charge in [0.1, 0.15) is 0 Å². The SMILES string of the molecule is CC(C)COC(=O)N1CCSc2ccc(N)cc21.